The lowest BCUT2D eigenvalue weighted by molar-refractivity contribution is 0.0954. The first kappa shape index (κ1) is 18.5. The molecular formula is C21H23N7O2. The van der Waals surface area contributed by atoms with Gasteiger partial charge >= 0.3 is 0 Å². The minimum absolute atomic E-state index is 0.165. The van der Waals surface area contributed by atoms with Crippen LogP contribution in [0.3, 0.4) is 0 Å². The first-order valence-corrected chi connectivity index (χ1v) is 10.2. The predicted octanol–water partition coefficient (Wildman–Crippen LogP) is 2.83. The second kappa shape index (κ2) is 7.40. The fourth-order valence-corrected chi connectivity index (χ4v) is 3.76. The van der Waals surface area contributed by atoms with E-state index in [1.54, 1.807) is 16.9 Å². The number of rotatable bonds is 7. The van der Waals surface area contributed by atoms with Crippen LogP contribution in [0.4, 0.5) is 0 Å². The summed E-state index contributed by atoms with van der Waals surface area (Å²) in [6.45, 7) is 3.16. The van der Waals surface area contributed by atoms with Crippen molar-refractivity contribution < 1.29 is 9.32 Å². The van der Waals surface area contributed by atoms with Gasteiger partial charge in [-0.1, -0.05) is 5.16 Å². The molecule has 1 aliphatic rings. The van der Waals surface area contributed by atoms with E-state index in [0.717, 1.165) is 18.5 Å². The van der Waals surface area contributed by atoms with Crippen molar-refractivity contribution in [2.45, 2.75) is 38.6 Å². The molecule has 9 nitrogen and oxygen atoms in total. The summed E-state index contributed by atoms with van der Waals surface area (Å²) < 4.78 is 9.09. The molecule has 0 bridgehead atoms. The second-order valence-corrected chi connectivity index (χ2v) is 7.77. The molecular weight excluding hydrogens is 382 g/mol. The predicted molar refractivity (Wildman–Crippen MR) is 110 cm³/mol. The Labute approximate surface area is 173 Å². The van der Waals surface area contributed by atoms with E-state index >= 15 is 0 Å². The van der Waals surface area contributed by atoms with Crippen LogP contribution < -0.4 is 5.32 Å². The van der Waals surface area contributed by atoms with Crippen LogP contribution >= 0.6 is 0 Å². The van der Waals surface area contributed by atoms with Crippen LogP contribution in [0.2, 0.25) is 0 Å². The third-order valence-electron chi connectivity index (χ3n) is 5.44. The van der Waals surface area contributed by atoms with Gasteiger partial charge in [0.15, 0.2) is 0 Å². The smallest absolute Gasteiger partial charge is 0.259 e. The number of hydrogen-bond donors (Lipinski definition) is 1. The van der Waals surface area contributed by atoms with Gasteiger partial charge in [0.1, 0.15) is 0 Å². The number of carbonyl (C=O) groups is 1. The largest absolute Gasteiger partial charge is 0.352 e. The van der Waals surface area contributed by atoms with Gasteiger partial charge in [0.25, 0.3) is 11.6 Å². The normalized spacial score (nSPS) is 13.8. The van der Waals surface area contributed by atoms with E-state index in [4.69, 9.17) is 4.52 Å². The highest BCUT2D eigenvalue weighted by Crippen LogP contribution is 2.39. The second-order valence-electron chi connectivity index (χ2n) is 7.77. The summed E-state index contributed by atoms with van der Waals surface area (Å²) >= 11 is 0. The number of nitrogens with zero attached hydrogens (tertiary/aromatic N) is 6. The van der Waals surface area contributed by atoms with Crippen molar-refractivity contribution in [1.29, 1.82) is 0 Å². The minimum atomic E-state index is -0.165. The van der Waals surface area contributed by atoms with E-state index in [1.165, 1.54) is 18.5 Å². The van der Waals surface area contributed by atoms with E-state index in [-0.39, 0.29) is 5.91 Å². The van der Waals surface area contributed by atoms with Crippen molar-refractivity contribution in [3.8, 4) is 11.3 Å². The molecule has 1 amide bonds. The summed E-state index contributed by atoms with van der Waals surface area (Å²) in [4.78, 5) is 17.5. The zero-order valence-corrected chi connectivity index (χ0v) is 17.0. The lowest BCUT2D eigenvalue weighted by Crippen LogP contribution is -2.26. The average molecular weight is 405 g/mol. The Kier molecular flexibility index (Phi) is 4.57. The first-order chi connectivity index (χ1) is 14.6. The number of amides is 1. The van der Waals surface area contributed by atoms with Gasteiger partial charge in [0.2, 0.25) is 0 Å². The van der Waals surface area contributed by atoms with Crippen molar-refractivity contribution in [3.05, 3.63) is 47.7 Å². The molecule has 9 heteroatoms. The Balaban J connectivity index is 1.32. The van der Waals surface area contributed by atoms with Crippen LogP contribution in [-0.4, -0.2) is 42.2 Å². The standard InChI is InChI=1S/C21H23N7O2/c1-13-19-16(10-17(25-21(19)30-26-13)15-11-24-27(2)12-15)20(29)22-7-3-9-28-18(6-8-23-28)14-4-5-14/h6,8,10-12,14H,3-5,7,9H2,1-2H3,(H,22,29). The maximum atomic E-state index is 13.0. The zero-order chi connectivity index (χ0) is 20.7. The van der Waals surface area contributed by atoms with Crippen LogP contribution in [0.25, 0.3) is 22.4 Å². The third kappa shape index (κ3) is 3.47. The highest BCUT2D eigenvalue weighted by molar-refractivity contribution is 6.06. The van der Waals surface area contributed by atoms with Gasteiger partial charge in [0, 0.05) is 49.7 Å². The molecule has 0 unspecified atom stereocenters. The van der Waals surface area contributed by atoms with E-state index in [1.807, 2.05) is 26.4 Å². The van der Waals surface area contributed by atoms with E-state index in [9.17, 15) is 4.79 Å². The zero-order valence-electron chi connectivity index (χ0n) is 17.0. The molecule has 4 aromatic heterocycles. The first-order valence-electron chi connectivity index (χ1n) is 10.2. The minimum Gasteiger partial charge on any atom is -0.352 e. The molecule has 5 rings (SSSR count). The number of fused-ring (bicyclic) bond motifs is 1. The van der Waals surface area contributed by atoms with E-state index in [2.05, 4.69) is 36.4 Å². The number of nitrogens with one attached hydrogen (secondary N) is 1. The Morgan fingerprint density at radius 2 is 2.20 bits per heavy atom. The summed E-state index contributed by atoms with van der Waals surface area (Å²) in [6, 6.07) is 3.87. The average Bonchev–Trinajstić information content (AvgIpc) is 3.13. The highest BCUT2D eigenvalue weighted by Gasteiger charge is 2.26. The van der Waals surface area contributed by atoms with Crippen molar-refractivity contribution >= 4 is 17.0 Å². The molecule has 0 atom stereocenters. The molecule has 4 heterocycles. The third-order valence-corrected chi connectivity index (χ3v) is 5.44. The molecule has 0 aliphatic heterocycles. The summed E-state index contributed by atoms with van der Waals surface area (Å²) in [5.74, 6) is 0.497. The summed E-state index contributed by atoms with van der Waals surface area (Å²) in [7, 11) is 1.84. The molecule has 0 spiro atoms. The van der Waals surface area contributed by atoms with Gasteiger partial charge in [-0.25, -0.2) is 4.98 Å². The van der Waals surface area contributed by atoms with E-state index in [0.29, 0.717) is 40.5 Å². The van der Waals surface area contributed by atoms with Crippen molar-refractivity contribution in [3.63, 3.8) is 0 Å². The van der Waals surface area contributed by atoms with Gasteiger partial charge in [0.05, 0.1) is 28.5 Å². The monoisotopic (exact) mass is 405 g/mol. The van der Waals surface area contributed by atoms with Gasteiger partial charge in [-0.05, 0) is 38.3 Å². The van der Waals surface area contributed by atoms with Crippen molar-refractivity contribution in [2.75, 3.05) is 6.54 Å². The van der Waals surface area contributed by atoms with Crippen LogP contribution in [0.1, 0.15) is 46.9 Å². The van der Waals surface area contributed by atoms with Crippen LogP contribution in [0.15, 0.2) is 35.2 Å². The highest BCUT2D eigenvalue weighted by atomic mass is 16.5. The van der Waals surface area contributed by atoms with Crippen molar-refractivity contribution in [1.82, 2.24) is 35.0 Å². The number of pyridine rings is 1. The molecule has 4 aromatic rings. The molecule has 1 saturated carbocycles. The molecule has 1 N–H and O–H groups in total. The Morgan fingerprint density at radius 1 is 1.33 bits per heavy atom. The number of aromatic nitrogens is 6. The van der Waals surface area contributed by atoms with Crippen LogP contribution in [0, 0.1) is 6.92 Å². The van der Waals surface area contributed by atoms with Gasteiger partial charge in [-0.2, -0.15) is 10.2 Å². The fraction of sp³-hybridized carbons (Fsp3) is 0.381. The maximum Gasteiger partial charge on any atom is 0.259 e. The Hall–Kier alpha value is -3.49. The summed E-state index contributed by atoms with van der Waals surface area (Å²) in [6.07, 6.45) is 8.71. The Bertz CT molecular complexity index is 1220. The van der Waals surface area contributed by atoms with Gasteiger partial charge in [-0.15, -0.1) is 0 Å². The molecule has 0 saturated heterocycles. The Morgan fingerprint density at radius 3 is 2.97 bits per heavy atom. The topological polar surface area (TPSA) is 104 Å². The fourth-order valence-electron chi connectivity index (χ4n) is 3.76. The number of carbonyl (C=O) groups excluding carboxylic acids is 1. The lowest BCUT2D eigenvalue weighted by atomic mass is 10.1. The van der Waals surface area contributed by atoms with Crippen LogP contribution in [-0.2, 0) is 13.6 Å². The molecule has 154 valence electrons. The maximum absolute atomic E-state index is 13.0. The molecule has 0 aromatic carbocycles. The molecule has 30 heavy (non-hydrogen) atoms. The summed E-state index contributed by atoms with van der Waals surface area (Å²) in [5, 5.41) is 16.2. The summed E-state index contributed by atoms with van der Waals surface area (Å²) in [5.41, 5.74) is 4.25. The molecule has 0 radical (unpaired) electrons. The van der Waals surface area contributed by atoms with Gasteiger partial charge in [-0.3, -0.25) is 14.2 Å². The molecule has 1 fully saturated rings. The number of aryl methyl sites for hydroxylation is 3. The molecule has 1 aliphatic carbocycles. The SMILES string of the molecule is Cc1noc2nc(-c3cnn(C)c3)cc(C(=O)NCCCn3nccc3C3CC3)c12. The van der Waals surface area contributed by atoms with Crippen molar-refractivity contribution in [2.24, 2.45) is 7.05 Å². The lowest BCUT2D eigenvalue weighted by Gasteiger charge is -2.09. The van der Waals surface area contributed by atoms with E-state index < -0.39 is 0 Å². The van der Waals surface area contributed by atoms with Gasteiger partial charge < -0.3 is 9.84 Å². The quantitative estimate of drug-likeness (QED) is 0.474. The number of hydrogen-bond acceptors (Lipinski definition) is 6. The van der Waals surface area contributed by atoms with Crippen LogP contribution in [0.5, 0.6) is 0 Å².